The highest BCUT2D eigenvalue weighted by Gasteiger charge is 2.53. The number of carbonyl (C=O) groups is 1. The second kappa shape index (κ2) is 32.9. The molecule has 0 spiro atoms. The molecule has 0 aromatic heterocycles. The van der Waals surface area contributed by atoms with Crippen molar-refractivity contribution in [2.75, 3.05) is 41.7 Å². The molecule has 15 heteroatoms. The lowest BCUT2D eigenvalue weighted by atomic mass is 9.88. The topological polar surface area (TPSA) is 150 Å². The Morgan fingerprint density at radius 1 is 0.443 bits per heavy atom. The number of esters is 1. The SMILES string of the molecule is COc1ccc(CO[C@@H](C[C@@H]2O[C@H](COCc3ccccc3)[C@@H](OCc3ccccc3)[C@H](OCc3ccccc3)[C@H]2OCc2ccccc2)[C@@H](OC(=O)c2cc(OC)c(OC)c(OC)c2)[C@@H](OCc2ccccc2)[C@H](OCc2ccccc2)[C@@H]2CO2)cc1. The summed E-state index contributed by atoms with van der Waals surface area (Å²) in [4.78, 5) is 15.5. The number of benzene rings is 8. The highest BCUT2D eigenvalue weighted by Crippen LogP contribution is 2.40. The second-order valence-electron chi connectivity index (χ2n) is 21.6. The van der Waals surface area contributed by atoms with Crippen LogP contribution in [0.2, 0.25) is 0 Å². The van der Waals surface area contributed by atoms with Crippen molar-refractivity contribution in [2.24, 2.45) is 0 Å². The van der Waals surface area contributed by atoms with Gasteiger partial charge in [0, 0.05) is 6.42 Å². The van der Waals surface area contributed by atoms with Crippen LogP contribution in [0.5, 0.6) is 23.0 Å². The predicted octanol–water partition coefficient (Wildman–Crippen LogP) is 12.5. The van der Waals surface area contributed by atoms with Crippen molar-refractivity contribution in [3.8, 4) is 23.0 Å². The van der Waals surface area contributed by atoms with Crippen molar-refractivity contribution in [2.45, 2.75) is 114 Å². The van der Waals surface area contributed by atoms with Gasteiger partial charge in [0.2, 0.25) is 5.75 Å². The molecule has 2 aliphatic rings. The van der Waals surface area contributed by atoms with E-state index >= 15 is 4.79 Å². The van der Waals surface area contributed by atoms with E-state index in [-0.39, 0.29) is 69.7 Å². The van der Waals surface area contributed by atoms with E-state index < -0.39 is 67.0 Å². The first kappa shape index (κ1) is 63.1. The summed E-state index contributed by atoms with van der Waals surface area (Å²) in [6.07, 6.45) is -8.63. The van der Waals surface area contributed by atoms with Gasteiger partial charge in [-0.2, -0.15) is 0 Å². The van der Waals surface area contributed by atoms with Gasteiger partial charge in [0.05, 0.1) is 99.6 Å². The van der Waals surface area contributed by atoms with Gasteiger partial charge in [0.1, 0.15) is 54.6 Å². The second-order valence-corrected chi connectivity index (χ2v) is 21.6. The molecular weight excluding hydrogens is 1120 g/mol. The summed E-state index contributed by atoms with van der Waals surface area (Å²) in [5.41, 5.74) is 6.57. The molecule has 2 aliphatic heterocycles. The molecule has 2 saturated heterocycles. The van der Waals surface area contributed by atoms with Crippen LogP contribution in [0.15, 0.2) is 218 Å². The van der Waals surface area contributed by atoms with E-state index in [1.165, 1.54) is 21.3 Å². The van der Waals surface area contributed by atoms with E-state index in [0.717, 1.165) is 38.9 Å². The third-order valence-electron chi connectivity index (χ3n) is 15.5. The summed E-state index contributed by atoms with van der Waals surface area (Å²) >= 11 is 0. The standard InChI is InChI=1S/C73H78O15/c1-75-59-37-35-57(36-38-59)43-80-62(70(88-73(74)58-39-60(76-2)66(78-4)61(40-58)77-3)72(86-48-56-33-21-10-22-34-56)68(64-50-81-64)83-45-53-27-15-7-16-28-53)41-63-67(82-44-52-25-13-6-14-26-52)71(85-47-55-31-19-9-20-32-55)69(84-46-54-29-17-8-18-30-54)65(87-63)49-79-42-51-23-11-5-12-24-51/h5-40,62-65,67-72H,41-50H2,1-4H3/t62-,63-,64-,65+,67-,68+,69+,70+,71+,72-/m0/s1. The molecule has 0 radical (unpaired) electrons. The Hall–Kier alpha value is -7.93. The normalized spacial score (nSPS) is 19.4. The van der Waals surface area contributed by atoms with Gasteiger partial charge >= 0.3 is 5.97 Å². The summed E-state index contributed by atoms with van der Waals surface area (Å²) in [6.45, 7) is 1.77. The minimum absolute atomic E-state index is 0.0384. The molecule has 10 atom stereocenters. The van der Waals surface area contributed by atoms with Crippen LogP contribution in [-0.4, -0.2) is 109 Å². The van der Waals surface area contributed by atoms with Crippen LogP contribution in [0.25, 0.3) is 0 Å². The lowest BCUT2D eigenvalue weighted by Crippen LogP contribution is -2.62. The van der Waals surface area contributed by atoms with Crippen LogP contribution in [0.4, 0.5) is 0 Å². The average molecular weight is 1200 g/mol. The highest BCUT2D eigenvalue weighted by atomic mass is 16.6. The Bertz CT molecular complexity index is 3260. The van der Waals surface area contributed by atoms with Crippen LogP contribution in [0.1, 0.15) is 55.7 Å². The van der Waals surface area contributed by atoms with Gasteiger partial charge in [-0.3, -0.25) is 0 Å². The van der Waals surface area contributed by atoms with E-state index in [9.17, 15) is 0 Å². The molecular formula is C73H78O15. The van der Waals surface area contributed by atoms with Crippen LogP contribution in [0, 0.1) is 0 Å². The molecule has 88 heavy (non-hydrogen) atoms. The molecule has 8 aromatic rings. The van der Waals surface area contributed by atoms with Crippen molar-refractivity contribution in [1.82, 2.24) is 0 Å². The maximum absolute atomic E-state index is 15.5. The van der Waals surface area contributed by atoms with E-state index in [2.05, 4.69) is 0 Å². The highest BCUT2D eigenvalue weighted by molar-refractivity contribution is 5.91. The first-order chi connectivity index (χ1) is 43.4. The van der Waals surface area contributed by atoms with Crippen LogP contribution < -0.4 is 18.9 Å². The van der Waals surface area contributed by atoms with Crippen molar-refractivity contribution >= 4 is 5.97 Å². The smallest absolute Gasteiger partial charge is 0.338 e. The molecule has 15 nitrogen and oxygen atoms in total. The summed E-state index contributed by atoms with van der Waals surface area (Å²) in [5.74, 6) is 0.753. The van der Waals surface area contributed by atoms with Crippen LogP contribution in [0.3, 0.4) is 0 Å². The molecule has 0 bridgehead atoms. The van der Waals surface area contributed by atoms with E-state index in [0.29, 0.717) is 24.7 Å². The lowest BCUT2D eigenvalue weighted by Gasteiger charge is -2.47. The van der Waals surface area contributed by atoms with E-state index in [1.807, 2.05) is 206 Å². The minimum Gasteiger partial charge on any atom is -0.497 e. The maximum Gasteiger partial charge on any atom is 0.338 e. The molecule has 10 rings (SSSR count). The molecule has 2 heterocycles. The zero-order chi connectivity index (χ0) is 60.7. The number of epoxide rings is 1. The van der Waals surface area contributed by atoms with Gasteiger partial charge in [-0.05, 0) is 63.2 Å². The monoisotopic (exact) mass is 1190 g/mol. The van der Waals surface area contributed by atoms with Crippen molar-refractivity contribution in [1.29, 1.82) is 0 Å². The molecule has 460 valence electrons. The summed E-state index contributed by atoms with van der Waals surface area (Å²) in [6, 6.07) is 70.4. The molecule has 0 aliphatic carbocycles. The fraction of sp³-hybridized carbons (Fsp3) is 0.329. The first-order valence-electron chi connectivity index (χ1n) is 29.8. The minimum atomic E-state index is -1.28. The first-order valence-corrected chi connectivity index (χ1v) is 29.8. The van der Waals surface area contributed by atoms with Crippen molar-refractivity contribution in [3.05, 3.63) is 263 Å². The molecule has 2 fully saturated rings. The Labute approximate surface area is 516 Å². The number of hydrogen-bond acceptors (Lipinski definition) is 15. The van der Waals surface area contributed by atoms with E-state index in [1.54, 1.807) is 19.2 Å². The van der Waals surface area contributed by atoms with E-state index in [4.69, 9.17) is 66.3 Å². The fourth-order valence-corrected chi connectivity index (χ4v) is 10.8. The van der Waals surface area contributed by atoms with Gasteiger partial charge in [0.15, 0.2) is 17.6 Å². The summed E-state index contributed by atoms with van der Waals surface area (Å²) in [5, 5.41) is 0. The number of rotatable bonds is 34. The molecule has 0 saturated carbocycles. The predicted molar refractivity (Wildman–Crippen MR) is 331 cm³/mol. The number of ether oxygens (including phenoxy) is 14. The Kier molecular flexibility index (Phi) is 23.6. The molecule has 8 aromatic carbocycles. The Morgan fingerprint density at radius 2 is 0.864 bits per heavy atom. The van der Waals surface area contributed by atoms with Gasteiger partial charge in [-0.15, -0.1) is 0 Å². The van der Waals surface area contributed by atoms with Gasteiger partial charge in [0.25, 0.3) is 0 Å². The zero-order valence-corrected chi connectivity index (χ0v) is 50.3. The van der Waals surface area contributed by atoms with Gasteiger partial charge in [-0.25, -0.2) is 4.79 Å². The number of methoxy groups -OCH3 is 4. The third kappa shape index (κ3) is 17.9. The summed E-state index contributed by atoms with van der Waals surface area (Å²) < 4.78 is 93.5. The lowest BCUT2D eigenvalue weighted by molar-refractivity contribution is -0.280. The third-order valence-corrected chi connectivity index (χ3v) is 15.5. The van der Waals surface area contributed by atoms with Crippen LogP contribution >= 0.6 is 0 Å². The number of hydrogen-bond donors (Lipinski definition) is 0. The van der Waals surface area contributed by atoms with Crippen molar-refractivity contribution < 1.29 is 71.1 Å². The van der Waals surface area contributed by atoms with Gasteiger partial charge < -0.3 is 66.3 Å². The zero-order valence-electron chi connectivity index (χ0n) is 50.3. The molecule has 0 N–H and O–H groups in total. The Morgan fingerprint density at radius 3 is 1.32 bits per heavy atom. The number of carbonyl (C=O) groups excluding carboxylic acids is 1. The quantitative estimate of drug-likeness (QED) is 0.0278. The maximum atomic E-state index is 15.5. The Balaban J connectivity index is 1.12. The van der Waals surface area contributed by atoms with Gasteiger partial charge in [-0.1, -0.05) is 194 Å². The van der Waals surface area contributed by atoms with Crippen LogP contribution in [-0.2, 0) is 93.6 Å². The molecule has 0 amide bonds. The molecule has 0 unspecified atom stereocenters. The average Bonchev–Trinajstić information content (AvgIpc) is 1.96. The van der Waals surface area contributed by atoms with Crippen molar-refractivity contribution in [3.63, 3.8) is 0 Å². The summed E-state index contributed by atoms with van der Waals surface area (Å²) in [7, 11) is 6.11. The fourth-order valence-electron chi connectivity index (χ4n) is 10.8. The largest absolute Gasteiger partial charge is 0.497 e.